The van der Waals surface area contributed by atoms with Crippen molar-refractivity contribution in [3.63, 3.8) is 0 Å². The minimum Gasteiger partial charge on any atom is -0.481 e. The number of fused-ring (bicyclic) bond motifs is 3. The van der Waals surface area contributed by atoms with Gasteiger partial charge >= 0.3 is 12.1 Å². The first-order valence-corrected chi connectivity index (χ1v) is 8.33. The molecule has 2 N–H and O–H groups in total. The Balaban J connectivity index is 1.69. The zero-order chi connectivity index (χ0) is 18.0. The lowest BCUT2D eigenvalue weighted by atomic mass is 9.98. The van der Waals surface area contributed by atoms with Crippen LogP contribution in [0, 0.1) is 5.92 Å². The van der Waals surface area contributed by atoms with Crippen LogP contribution in [0.15, 0.2) is 48.5 Å². The molecule has 0 bridgehead atoms. The van der Waals surface area contributed by atoms with Crippen LogP contribution in [0.3, 0.4) is 0 Å². The molecule has 0 aliphatic heterocycles. The van der Waals surface area contributed by atoms with Crippen molar-refractivity contribution in [2.24, 2.45) is 5.92 Å². The van der Waals surface area contributed by atoms with Crippen molar-refractivity contribution >= 4 is 12.1 Å². The molecule has 25 heavy (non-hydrogen) atoms. The number of aliphatic carboxylic acids is 1. The van der Waals surface area contributed by atoms with Gasteiger partial charge in [-0.05, 0) is 36.1 Å². The summed E-state index contributed by atoms with van der Waals surface area (Å²) in [7, 11) is 0. The normalized spacial score (nSPS) is 15.0. The minimum atomic E-state index is -0.952. The fourth-order valence-electron chi connectivity index (χ4n) is 3.16. The topological polar surface area (TPSA) is 75.6 Å². The zero-order valence-electron chi connectivity index (χ0n) is 14.2. The Morgan fingerprint density at radius 2 is 1.56 bits per heavy atom. The molecule has 2 atom stereocenters. The van der Waals surface area contributed by atoms with E-state index in [4.69, 9.17) is 9.84 Å². The number of carboxylic acid groups (broad SMARTS) is 1. The van der Waals surface area contributed by atoms with Crippen LogP contribution in [0.2, 0.25) is 0 Å². The van der Waals surface area contributed by atoms with Gasteiger partial charge in [0.25, 0.3) is 0 Å². The first-order valence-electron chi connectivity index (χ1n) is 8.33. The number of carbonyl (C=O) groups is 2. The fraction of sp³-hybridized carbons (Fsp3) is 0.300. The molecule has 0 aromatic heterocycles. The van der Waals surface area contributed by atoms with Gasteiger partial charge in [0, 0.05) is 12.0 Å². The summed E-state index contributed by atoms with van der Waals surface area (Å²) in [5.74, 6) is -1.64. The van der Waals surface area contributed by atoms with Gasteiger partial charge in [-0.3, -0.25) is 4.79 Å². The van der Waals surface area contributed by atoms with E-state index in [0.29, 0.717) is 0 Å². The molecular formula is C20H21NO4. The monoisotopic (exact) mass is 339 g/mol. The molecule has 0 saturated carbocycles. The summed E-state index contributed by atoms with van der Waals surface area (Å²) in [5, 5.41) is 11.6. The lowest BCUT2D eigenvalue weighted by molar-refractivity contribution is -0.141. The third kappa shape index (κ3) is 3.36. The highest BCUT2D eigenvalue weighted by Crippen LogP contribution is 2.44. The zero-order valence-corrected chi connectivity index (χ0v) is 14.2. The summed E-state index contributed by atoms with van der Waals surface area (Å²) < 4.78 is 5.40. The van der Waals surface area contributed by atoms with Crippen molar-refractivity contribution in [2.45, 2.75) is 25.8 Å². The van der Waals surface area contributed by atoms with Gasteiger partial charge in [0.05, 0.1) is 5.92 Å². The second kappa shape index (κ2) is 6.97. The van der Waals surface area contributed by atoms with Crippen LogP contribution in [0.4, 0.5) is 4.79 Å². The summed E-state index contributed by atoms with van der Waals surface area (Å²) >= 11 is 0. The third-order valence-electron chi connectivity index (χ3n) is 4.83. The molecule has 130 valence electrons. The quantitative estimate of drug-likeness (QED) is 0.872. The molecule has 5 heteroatoms. The molecular weight excluding hydrogens is 318 g/mol. The number of carbonyl (C=O) groups excluding carboxylic acids is 1. The average molecular weight is 339 g/mol. The van der Waals surface area contributed by atoms with Gasteiger partial charge in [0.1, 0.15) is 6.61 Å². The molecule has 0 heterocycles. The lowest BCUT2D eigenvalue weighted by Gasteiger charge is -2.19. The Kier molecular flexibility index (Phi) is 4.74. The standard InChI is InChI=1S/C20H21NO4/c1-12(19(22)23)13(2)21-20(24)25-11-18-16-9-5-3-7-14(16)15-8-4-6-10-17(15)18/h3-10,12-13,18H,11H2,1-2H3,(H,21,24)(H,22,23)/t12-,13-/m0/s1. The van der Waals surface area contributed by atoms with Gasteiger partial charge in [0.2, 0.25) is 0 Å². The van der Waals surface area contributed by atoms with Crippen molar-refractivity contribution in [3.8, 4) is 11.1 Å². The first-order chi connectivity index (χ1) is 12.0. The van der Waals surface area contributed by atoms with E-state index in [1.165, 1.54) is 11.1 Å². The number of amides is 1. The van der Waals surface area contributed by atoms with Crippen LogP contribution >= 0.6 is 0 Å². The molecule has 1 aliphatic rings. The summed E-state index contributed by atoms with van der Waals surface area (Å²) in [6, 6.07) is 15.7. The van der Waals surface area contributed by atoms with Crippen molar-refractivity contribution in [1.82, 2.24) is 5.32 Å². The molecule has 0 unspecified atom stereocenters. The number of rotatable bonds is 5. The van der Waals surface area contributed by atoms with Crippen LogP contribution in [0.5, 0.6) is 0 Å². The highest BCUT2D eigenvalue weighted by molar-refractivity contribution is 5.79. The molecule has 3 rings (SSSR count). The number of benzene rings is 2. The molecule has 0 fully saturated rings. The Morgan fingerprint density at radius 3 is 2.08 bits per heavy atom. The predicted octanol–water partition coefficient (Wildman–Crippen LogP) is 3.63. The number of ether oxygens (including phenoxy) is 1. The number of hydrogen-bond donors (Lipinski definition) is 2. The Hall–Kier alpha value is -2.82. The van der Waals surface area contributed by atoms with Crippen LogP contribution in [-0.4, -0.2) is 29.8 Å². The van der Waals surface area contributed by atoms with Gasteiger partial charge < -0.3 is 15.2 Å². The molecule has 0 saturated heterocycles. The minimum absolute atomic E-state index is 0.00893. The number of nitrogens with one attached hydrogen (secondary N) is 1. The van der Waals surface area contributed by atoms with E-state index >= 15 is 0 Å². The summed E-state index contributed by atoms with van der Waals surface area (Å²) in [4.78, 5) is 23.0. The van der Waals surface area contributed by atoms with Crippen LogP contribution in [0.25, 0.3) is 11.1 Å². The maximum absolute atomic E-state index is 12.0. The van der Waals surface area contributed by atoms with E-state index in [1.54, 1.807) is 13.8 Å². The predicted molar refractivity (Wildman–Crippen MR) is 94.5 cm³/mol. The Morgan fingerprint density at radius 1 is 1.04 bits per heavy atom. The molecule has 0 spiro atoms. The van der Waals surface area contributed by atoms with Crippen molar-refractivity contribution in [3.05, 3.63) is 59.7 Å². The molecule has 2 aromatic carbocycles. The number of carboxylic acids is 1. The van der Waals surface area contributed by atoms with E-state index in [0.717, 1.165) is 11.1 Å². The van der Waals surface area contributed by atoms with Crippen LogP contribution < -0.4 is 5.32 Å². The number of hydrogen-bond acceptors (Lipinski definition) is 3. The largest absolute Gasteiger partial charge is 0.481 e. The van der Waals surface area contributed by atoms with Gasteiger partial charge in [-0.15, -0.1) is 0 Å². The van der Waals surface area contributed by atoms with Crippen LogP contribution in [0.1, 0.15) is 30.9 Å². The highest BCUT2D eigenvalue weighted by atomic mass is 16.5. The first kappa shape index (κ1) is 17.0. The van der Waals surface area contributed by atoms with Gasteiger partial charge in [-0.25, -0.2) is 4.79 Å². The maximum Gasteiger partial charge on any atom is 0.407 e. The third-order valence-corrected chi connectivity index (χ3v) is 4.83. The molecule has 1 amide bonds. The van der Waals surface area contributed by atoms with Crippen molar-refractivity contribution < 1.29 is 19.4 Å². The molecule has 5 nitrogen and oxygen atoms in total. The molecule has 0 radical (unpaired) electrons. The van der Waals surface area contributed by atoms with Crippen molar-refractivity contribution in [1.29, 1.82) is 0 Å². The fourth-order valence-corrected chi connectivity index (χ4v) is 3.16. The summed E-state index contributed by atoms with van der Waals surface area (Å²) in [6.45, 7) is 3.42. The average Bonchev–Trinajstić information content (AvgIpc) is 2.93. The Bertz CT molecular complexity index is 756. The van der Waals surface area contributed by atoms with Crippen molar-refractivity contribution in [2.75, 3.05) is 6.61 Å². The van der Waals surface area contributed by atoms with Gasteiger partial charge in [0.15, 0.2) is 0 Å². The van der Waals surface area contributed by atoms with Gasteiger partial charge in [-0.2, -0.15) is 0 Å². The Labute approximate surface area is 146 Å². The van der Waals surface area contributed by atoms with E-state index in [2.05, 4.69) is 29.6 Å². The van der Waals surface area contributed by atoms with Gasteiger partial charge in [-0.1, -0.05) is 48.5 Å². The van der Waals surface area contributed by atoms with Crippen LogP contribution in [-0.2, 0) is 9.53 Å². The van der Waals surface area contributed by atoms with E-state index in [9.17, 15) is 9.59 Å². The summed E-state index contributed by atoms with van der Waals surface area (Å²) in [5.41, 5.74) is 4.62. The molecule has 2 aromatic rings. The second-order valence-electron chi connectivity index (χ2n) is 6.39. The smallest absolute Gasteiger partial charge is 0.407 e. The highest BCUT2D eigenvalue weighted by Gasteiger charge is 2.29. The SMILES string of the molecule is C[C@H](NC(=O)OCC1c2ccccc2-c2ccccc21)[C@H](C)C(=O)O. The van der Waals surface area contributed by atoms with E-state index in [1.807, 2.05) is 24.3 Å². The lowest BCUT2D eigenvalue weighted by Crippen LogP contribution is -2.40. The summed E-state index contributed by atoms with van der Waals surface area (Å²) in [6.07, 6.45) is -0.595. The maximum atomic E-state index is 12.0. The second-order valence-corrected chi connectivity index (χ2v) is 6.39. The van der Waals surface area contributed by atoms with E-state index in [-0.39, 0.29) is 12.5 Å². The number of alkyl carbamates (subject to hydrolysis) is 1. The molecule has 1 aliphatic carbocycles. The van der Waals surface area contributed by atoms with E-state index < -0.39 is 24.0 Å².